The summed E-state index contributed by atoms with van der Waals surface area (Å²) in [5.41, 5.74) is 5.29. The van der Waals surface area contributed by atoms with Crippen LogP contribution >= 0.6 is 0 Å². The van der Waals surface area contributed by atoms with Gasteiger partial charge in [-0.25, -0.2) is 0 Å². The number of benzene rings is 2. The molecule has 2 aromatic rings. The SMILES string of the molecule is ON(O)c1cccc2c1-c1ccccc1C21CCCCC1. The number of fused-ring (bicyclic) bond motifs is 5. The van der Waals surface area contributed by atoms with E-state index in [9.17, 15) is 10.4 Å². The maximum absolute atomic E-state index is 9.59. The average Bonchev–Trinajstić information content (AvgIpc) is 2.79. The van der Waals surface area contributed by atoms with Crippen LogP contribution in [0.2, 0.25) is 0 Å². The van der Waals surface area contributed by atoms with E-state index >= 15 is 0 Å². The van der Waals surface area contributed by atoms with Gasteiger partial charge in [-0.1, -0.05) is 55.7 Å². The Labute approximate surface area is 124 Å². The summed E-state index contributed by atoms with van der Waals surface area (Å²) in [5.74, 6) is 0. The van der Waals surface area contributed by atoms with Crippen LogP contribution in [0.15, 0.2) is 42.5 Å². The molecule has 2 N–H and O–H groups in total. The third-order valence-electron chi connectivity index (χ3n) is 5.19. The van der Waals surface area contributed by atoms with E-state index in [1.54, 1.807) is 6.07 Å². The Morgan fingerprint density at radius 1 is 0.810 bits per heavy atom. The minimum atomic E-state index is 0.0657. The van der Waals surface area contributed by atoms with Crippen LogP contribution in [0.3, 0.4) is 0 Å². The normalized spacial score (nSPS) is 18.4. The van der Waals surface area contributed by atoms with Crippen LogP contribution in [-0.2, 0) is 5.41 Å². The molecule has 0 unspecified atom stereocenters. The summed E-state index contributed by atoms with van der Waals surface area (Å²) in [4.78, 5) is 0. The van der Waals surface area contributed by atoms with E-state index in [0.29, 0.717) is 5.69 Å². The zero-order valence-electron chi connectivity index (χ0n) is 11.9. The van der Waals surface area contributed by atoms with E-state index in [2.05, 4.69) is 24.3 Å². The van der Waals surface area contributed by atoms with Crippen LogP contribution in [0, 0.1) is 0 Å². The van der Waals surface area contributed by atoms with E-state index in [1.165, 1.54) is 30.4 Å². The molecule has 0 heterocycles. The Morgan fingerprint density at radius 2 is 1.52 bits per heavy atom. The highest BCUT2D eigenvalue weighted by Gasteiger charge is 2.44. The lowest BCUT2D eigenvalue weighted by Crippen LogP contribution is -2.28. The van der Waals surface area contributed by atoms with Gasteiger partial charge in [0, 0.05) is 11.0 Å². The zero-order chi connectivity index (χ0) is 14.4. The molecule has 0 aliphatic heterocycles. The standard InChI is InChI=1S/C18H19NO2/c20-19(21)16-10-6-9-15-17(16)13-7-2-3-8-14(13)18(15)11-4-1-5-12-18/h2-3,6-10,20-21H,1,4-5,11-12H2. The van der Waals surface area contributed by atoms with Crippen LogP contribution in [0.5, 0.6) is 0 Å². The maximum Gasteiger partial charge on any atom is 0.102 e. The molecule has 4 rings (SSSR count). The molecule has 3 heteroatoms. The molecule has 0 saturated heterocycles. The molecule has 1 spiro atoms. The maximum atomic E-state index is 9.59. The molecule has 1 fully saturated rings. The second-order valence-electron chi connectivity index (χ2n) is 6.18. The second kappa shape index (κ2) is 4.58. The number of hydrogen-bond acceptors (Lipinski definition) is 3. The highest BCUT2D eigenvalue weighted by molar-refractivity contribution is 5.89. The van der Waals surface area contributed by atoms with Crippen LogP contribution in [0.4, 0.5) is 5.69 Å². The number of rotatable bonds is 1. The predicted octanol–water partition coefficient (Wildman–Crippen LogP) is 4.50. The van der Waals surface area contributed by atoms with Gasteiger partial charge in [-0.15, -0.1) is 5.23 Å². The van der Waals surface area contributed by atoms with E-state index < -0.39 is 0 Å². The monoisotopic (exact) mass is 281 g/mol. The van der Waals surface area contributed by atoms with Crippen LogP contribution in [-0.4, -0.2) is 10.4 Å². The Kier molecular flexibility index (Phi) is 2.81. The molecule has 0 amide bonds. The number of nitrogens with zero attached hydrogens (tertiary/aromatic N) is 1. The first-order valence-corrected chi connectivity index (χ1v) is 7.65. The summed E-state index contributed by atoms with van der Waals surface area (Å²) in [6.45, 7) is 0. The van der Waals surface area contributed by atoms with Crippen molar-refractivity contribution in [2.45, 2.75) is 37.5 Å². The first-order chi connectivity index (χ1) is 10.2. The van der Waals surface area contributed by atoms with Gasteiger partial charge in [0.25, 0.3) is 0 Å². The molecule has 0 atom stereocenters. The Balaban J connectivity index is 2.04. The molecular weight excluding hydrogens is 262 g/mol. The van der Waals surface area contributed by atoms with E-state index in [0.717, 1.165) is 24.0 Å². The highest BCUT2D eigenvalue weighted by Crippen LogP contribution is 2.57. The van der Waals surface area contributed by atoms with Gasteiger partial charge in [-0.3, -0.25) is 10.4 Å². The summed E-state index contributed by atoms with van der Waals surface area (Å²) in [5, 5.41) is 19.4. The third-order valence-corrected chi connectivity index (χ3v) is 5.19. The van der Waals surface area contributed by atoms with E-state index in [-0.39, 0.29) is 10.6 Å². The molecule has 0 aromatic heterocycles. The van der Waals surface area contributed by atoms with Gasteiger partial charge in [0.05, 0.1) is 0 Å². The van der Waals surface area contributed by atoms with Crippen molar-refractivity contribution in [2.24, 2.45) is 0 Å². The lowest BCUT2D eigenvalue weighted by atomic mass is 9.68. The topological polar surface area (TPSA) is 43.7 Å². The average molecular weight is 281 g/mol. The van der Waals surface area contributed by atoms with Gasteiger partial charge in [0.1, 0.15) is 5.69 Å². The molecule has 108 valence electrons. The van der Waals surface area contributed by atoms with Crippen molar-refractivity contribution in [1.82, 2.24) is 0 Å². The Hall–Kier alpha value is -1.84. The molecule has 2 aromatic carbocycles. The second-order valence-corrected chi connectivity index (χ2v) is 6.18. The van der Waals surface area contributed by atoms with Crippen molar-refractivity contribution in [3.63, 3.8) is 0 Å². The van der Waals surface area contributed by atoms with Crippen molar-refractivity contribution < 1.29 is 10.4 Å². The highest BCUT2D eigenvalue weighted by atomic mass is 16.8. The van der Waals surface area contributed by atoms with Crippen molar-refractivity contribution in [1.29, 1.82) is 0 Å². The fraction of sp³-hybridized carbons (Fsp3) is 0.333. The van der Waals surface area contributed by atoms with E-state index in [4.69, 9.17) is 0 Å². The van der Waals surface area contributed by atoms with Gasteiger partial charge in [0.2, 0.25) is 0 Å². The Bertz CT molecular complexity index is 687. The van der Waals surface area contributed by atoms with Crippen LogP contribution < -0.4 is 5.23 Å². The molecule has 21 heavy (non-hydrogen) atoms. The minimum absolute atomic E-state index is 0.0657. The predicted molar refractivity (Wildman–Crippen MR) is 81.8 cm³/mol. The van der Waals surface area contributed by atoms with Crippen molar-refractivity contribution in [3.8, 4) is 11.1 Å². The molecule has 0 bridgehead atoms. The van der Waals surface area contributed by atoms with Crippen LogP contribution in [0.1, 0.15) is 43.2 Å². The smallest absolute Gasteiger partial charge is 0.102 e. The number of anilines is 1. The molecule has 0 radical (unpaired) electrons. The quantitative estimate of drug-likeness (QED) is 0.756. The molecular formula is C18H19NO2. The van der Waals surface area contributed by atoms with Gasteiger partial charge >= 0.3 is 0 Å². The first kappa shape index (κ1) is 12.9. The van der Waals surface area contributed by atoms with Gasteiger partial charge in [0.15, 0.2) is 0 Å². The summed E-state index contributed by atoms with van der Waals surface area (Å²) < 4.78 is 0. The lowest BCUT2D eigenvalue weighted by Gasteiger charge is -2.36. The molecule has 2 aliphatic rings. The van der Waals surface area contributed by atoms with Gasteiger partial charge in [-0.2, -0.15) is 0 Å². The Morgan fingerprint density at radius 3 is 2.29 bits per heavy atom. The largest absolute Gasteiger partial charge is 0.264 e. The number of hydrogen-bond donors (Lipinski definition) is 2. The van der Waals surface area contributed by atoms with Gasteiger partial charge < -0.3 is 0 Å². The van der Waals surface area contributed by atoms with E-state index in [1.807, 2.05) is 12.1 Å². The summed E-state index contributed by atoms with van der Waals surface area (Å²) in [7, 11) is 0. The summed E-state index contributed by atoms with van der Waals surface area (Å²) in [6.07, 6.45) is 6.07. The van der Waals surface area contributed by atoms with Crippen molar-refractivity contribution >= 4 is 5.69 Å². The van der Waals surface area contributed by atoms with Crippen molar-refractivity contribution in [3.05, 3.63) is 53.6 Å². The fourth-order valence-corrected chi connectivity index (χ4v) is 4.35. The molecule has 3 nitrogen and oxygen atoms in total. The molecule has 2 aliphatic carbocycles. The van der Waals surface area contributed by atoms with Crippen molar-refractivity contribution in [2.75, 3.05) is 5.23 Å². The summed E-state index contributed by atoms with van der Waals surface area (Å²) in [6, 6.07) is 14.3. The van der Waals surface area contributed by atoms with Gasteiger partial charge in [-0.05, 0) is 35.6 Å². The zero-order valence-corrected chi connectivity index (χ0v) is 11.9. The fourth-order valence-electron chi connectivity index (χ4n) is 4.35. The summed E-state index contributed by atoms with van der Waals surface area (Å²) >= 11 is 0. The molecule has 1 saturated carbocycles. The van der Waals surface area contributed by atoms with Crippen LogP contribution in [0.25, 0.3) is 11.1 Å². The lowest BCUT2D eigenvalue weighted by molar-refractivity contribution is 0.0294. The third kappa shape index (κ3) is 1.68. The first-order valence-electron chi connectivity index (χ1n) is 7.65. The minimum Gasteiger partial charge on any atom is -0.264 e.